The van der Waals surface area contributed by atoms with Crippen LogP contribution in [0.5, 0.6) is 0 Å². The van der Waals surface area contributed by atoms with Crippen LogP contribution in [0.4, 0.5) is 0 Å². The number of hydrogen-bond donors (Lipinski definition) is 2. The molecule has 0 radical (unpaired) electrons. The van der Waals surface area contributed by atoms with E-state index in [0.717, 1.165) is 19.3 Å². The van der Waals surface area contributed by atoms with Crippen LogP contribution in [-0.2, 0) is 0 Å². The number of nitrogens with one attached hydrogen (secondary N) is 1. The number of halogens is 1. The molecule has 1 fully saturated rings. The van der Waals surface area contributed by atoms with Crippen LogP contribution in [0, 0.1) is 11.8 Å². The van der Waals surface area contributed by atoms with Crippen LogP contribution >= 0.6 is 11.6 Å². The molecule has 2 N–H and O–H groups in total. The lowest BCUT2D eigenvalue weighted by Gasteiger charge is -2.17. The van der Waals surface area contributed by atoms with E-state index in [0.29, 0.717) is 18.4 Å². The molecule has 1 aliphatic rings. The van der Waals surface area contributed by atoms with Crippen LogP contribution in [0.25, 0.3) is 0 Å². The molecule has 2 rings (SSSR count). The fourth-order valence-corrected chi connectivity index (χ4v) is 2.47. The highest BCUT2D eigenvalue weighted by Crippen LogP contribution is 2.30. The first-order valence-corrected chi connectivity index (χ1v) is 6.47. The van der Waals surface area contributed by atoms with Gasteiger partial charge in [0.1, 0.15) is 0 Å². The van der Waals surface area contributed by atoms with Gasteiger partial charge in [-0.15, -0.1) is 10.2 Å². The summed E-state index contributed by atoms with van der Waals surface area (Å²) in [5, 5.41) is 19.6. The van der Waals surface area contributed by atoms with Crippen LogP contribution in [0.15, 0.2) is 12.1 Å². The molecule has 1 aromatic heterocycles. The number of carbonyl (C=O) groups is 1. The molecule has 0 bridgehead atoms. The minimum absolute atomic E-state index is 0.196. The van der Waals surface area contributed by atoms with Crippen molar-refractivity contribution >= 4 is 17.5 Å². The van der Waals surface area contributed by atoms with Crippen LogP contribution in [0.1, 0.15) is 29.8 Å². The Labute approximate surface area is 111 Å². The van der Waals surface area contributed by atoms with Gasteiger partial charge in [0, 0.05) is 13.2 Å². The Morgan fingerprint density at radius 2 is 2.17 bits per heavy atom. The van der Waals surface area contributed by atoms with Crippen molar-refractivity contribution < 1.29 is 9.90 Å². The molecule has 5 nitrogen and oxygen atoms in total. The first kappa shape index (κ1) is 13.2. The zero-order chi connectivity index (χ0) is 13.0. The van der Waals surface area contributed by atoms with E-state index in [1.165, 1.54) is 6.07 Å². The Kier molecular flexibility index (Phi) is 4.49. The van der Waals surface area contributed by atoms with Gasteiger partial charge in [0.2, 0.25) is 0 Å². The van der Waals surface area contributed by atoms with E-state index in [1.807, 2.05) is 0 Å². The Balaban J connectivity index is 1.86. The maximum Gasteiger partial charge on any atom is 0.271 e. The number of aromatic nitrogens is 2. The summed E-state index contributed by atoms with van der Waals surface area (Å²) in [4.78, 5) is 11.8. The van der Waals surface area contributed by atoms with E-state index in [1.54, 1.807) is 6.07 Å². The summed E-state index contributed by atoms with van der Waals surface area (Å²) in [5.41, 5.74) is 0.262. The van der Waals surface area contributed by atoms with E-state index >= 15 is 0 Å². The number of hydrogen-bond acceptors (Lipinski definition) is 4. The lowest BCUT2D eigenvalue weighted by molar-refractivity contribution is 0.0931. The predicted octanol–water partition coefficient (Wildman–Crippen LogP) is 1.27. The molecule has 1 aliphatic carbocycles. The van der Waals surface area contributed by atoms with Crippen LogP contribution in [0.3, 0.4) is 0 Å². The molecule has 1 heterocycles. The van der Waals surface area contributed by atoms with E-state index in [4.69, 9.17) is 11.6 Å². The molecule has 1 amide bonds. The lowest BCUT2D eigenvalue weighted by atomic mass is 9.97. The van der Waals surface area contributed by atoms with Gasteiger partial charge in [0.05, 0.1) is 0 Å². The summed E-state index contributed by atoms with van der Waals surface area (Å²) in [6.45, 7) is 0.773. The van der Waals surface area contributed by atoms with Gasteiger partial charge in [-0.2, -0.15) is 0 Å². The normalized spacial score (nSPS) is 23.0. The summed E-state index contributed by atoms with van der Waals surface area (Å²) in [7, 11) is 0. The van der Waals surface area contributed by atoms with Crippen LogP contribution < -0.4 is 5.32 Å². The first-order valence-electron chi connectivity index (χ1n) is 6.09. The second-order valence-electron chi connectivity index (χ2n) is 4.58. The van der Waals surface area contributed by atoms with Gasteiger partial charge in [-0.1, -0.05) is 18.0 Å². The second-order valence-corrected chi connectivity index (χ2v) is 4.97. The largest absolute Gasteiger partial charge is 0.396 e. The third kappa shape index (κ3) is 3.17. The van der Waals surface area contributed by atoms with E-state index in [-0.39, 0.29) is 23.4 Å². The Hall–Kier alpha value is -1.20. The highest BCUT2D eigenvalue weighted by atomic mass is 35.5. The Morgan fingerprint density at radius 1 is 1.39 bits per heavy atom. The number of rotatable bonds is 4. The number of aliphatic hydroxyl groups excluding tert-OH is 1. The summed E-state index contributed by atoms with van der Waals surface area (Å²) in [5.74, 6) is 0.420. The van der Waals surface area contributed by atoms with Crippen molar-refractivity contribution in [1.29, 1.82) is 0 Å². The minimum Gasteiger partial charge on any atom is -0.396 e. The minimum atomic E-state index is -0.247. The summed E-state index contributed by atoms with van der Waals surface area (Å²) >= 11 is 5.60. The lowest BCUT2D eigenvalue weighted by Crippen LogP contribution is -2.32. The fraction of sp³-hybridized carbons (Fsp3) is 0.583. The highest BCUT2D eigenvalue weighted by Gasteiger charge is 2.26. The average Bonchev–Trinajstić information content (AvgIpc) is 2.84. The standard InChI is InChI=1S/C12H16ClN3O2/c13-11-5-4-10(15-16-11)12(18)14-6-8-2-1-3-9(8)7-17/h4-5,8-9,17H,1-3,6-7H2,(H,14,18). The molecule has 0 saturated heterocycles. The predicted molar refractivity (Wildman–Crippen MR) is 67.3 cm³/mol. The van der Waals surface area contributed by atoms with Gasteiger partial charge < -0.3 is 10.4 Å². The average molecular weight is 270 g/mol. The van der Waals surface area contributed by atoms with Crippen molar-refractivity contribution in [1.82, 2.24) is 15.5 Å². The molecule has 2 atom stereocenters. The molecule has 1 aromatic rings. The number of aliphatic hydroxyl groups is 1. The maximum absolute atomic E-state index is 11.8. The number of nitrogens with zero attached hydrogens (tertiary/aromatic N) is 2. The summed E-state index contributed by atoms with van der Waals surface area (Å²) < 4.78 is 0. The van der Waals surface area contributed by atoms with Crippen LogP contribution in [0.2, 0.25) is 5.15 Å². The molecule has 18 heavy (non-hydrogen) atoms. The van der Waals surface area contributed by atoms with E-state index in [2.05, 4.69) is 15.5 Å². The third-order valence-corrected chi connectivity index (χ3v) is 3.64. The third-order valence-electron chi connectivity index (χ3n) is 3.44. The van der Waals surface area contributed by atoms with E-state index in [9.17, 15) is 9.90 Å². The zero-order valence-electron chi connectivity index (χ0n) is 9.97. The summed E-state index contributed by atoms with van der Waals surface area (Å²) in [6.07, 6.45) is 3.21. The van der Waals surface area contributed by atoms with E-state index < -0.39 is 0 Å². The SMILES string of the molecule is O=C(NCC1CCCC1CO)c1ccc(Cl)nn1. The molecular weight excluding hydrogens is 254 g/mol. The zero-order valence-corrected chi connectivity index (χ0v) is 10.7. The fourth-order valence-electron chi connectivity index (χ4n) is 2.37. The van der Waals surface area contributed by atoms with Gasteiger partial charge in [0.15, 0.2) is 10.8 Å². The smallest absolute Gasteiger partial charge is 0.271 e. The molecule has 98 valence electrons. The molecule has 0 aliphatic heterocycles. The first-order chi connectivity index (χ1) is 8.70. The maximum atomic E-state index is 11.8. The number of amides is 1. The molecular formula is C12H16ClN3O2. The molecule has 0 aromatic carbocycles. The van der Waals surface area contributed by atoms with Crippen molar-refractivity contribution in [2.75, 3.05) is 13.2 Å². The highest BCUT2D eigenvalue weighted by molar-refractivity contribution is 6.29. The van der Waals surface area contributed by atoms with Gasteiger partial charge in [-0.25, -0.2) is 0 Å². The molecule has 0 spiro atoms. The van der Waals surface area contributed by atoms with Crippen molar-refractivity contribution in [3.8, 4) is 0 Å². The van der Waals surface area contributed by atoms with Crippen molar-refractivity contribution in [2.45, 2.75) is 19.3 Å². The van der Waals surface area contributed by atoms with Gasteiger partial charge in [0.25, 0.3) is 5.91 Å². The Bertz CT molecular complexity index is 410. The quantitative estimate of drug-likeness (QED) is 0.863. The molecule has 1 saturated carbocycles. The van der Waals surface area contributed by atoms with Crippen molar-refractivity contribution in [3.63, 3.8) is 0 Å². The van der Waals surface area contributed by atoms with Gasteiger partial charge >= 0.3 is 0 Å². The van der Waals surface area contributed by atoms with Crippen molar-refractivity contribution in [3.05, 3.63) is 23.0 Å². The Morgan fingerprint density at radius 3 is 2.83 bits per heavy atom. The van der Waals surface area contributed by atoms with Crippen LogP contribution in [-0.4, -0.2) is 34.4 Å². The van der Waals surface area contributed by atoms with Gasteiger partial charge in [-0.3, -0.25) is 4.79 Å². The molecule has 6 heteroatoms. The topological polar surface area (TPSA) is 75.1 Å². The summed E-state index contributed by atoms with van der Waals surface area (Å²) in [6, 6.07) is 3.08. The monoisotopic (exact) mass is 269 g/mol. The van der Waals surface area contributed by atoms with Gasteiger partial charge in [-0.05, 0) is 36.8 Å². The number of carbonyl (C=O) groups excluding carboxylic acids is 1. The van der Waals surface area contributed by atoms with Crippen molar-refractivity contribution in [2.24, 2.45) is 11.8 Å². The second kappa shape index (κ2) is 6.11. The molecule has 2 unspecified atom stereocenters.